The molecule has 0 spiro atoms. The smallest absolute Gasteiger partial charge is 0.236 e. The zero-order chi connectivity index (χ0) is 10.7. The van der Waals surface area contributed by atoms with Crippen LogP contribution in [0, 0.1) is 13.8 Å². The molecule has 1 atom stereocenters. The lowest BCUT2D eigenvalue weighted by Gasteiger charge is -2.13. The van der Waals surface area contributed by atoms with E-state index in [0.29, 0.717) is 6.54 Å². The van der Waals surface area contributed by atoms with Gasteiger partial charge in [0.05, 0.1) is 5.69 Å². The fraction of sp³-hybridized carbons (Fsp3) is 0.556. The minimum absolute atomic E-state index is 0.345. The molecule has 3 N–H and O–H groups in total. The van der Waals surface area contributed by atoms with E-state index in [1.807, 2.05) is 24.6 Å². The first kappa shape index (κ1) is 10.7. The van der Waals surface area contributed by atoms with E-state index in [4.69, 9.17) is 5.73 Å². The number of carbonyl (C=O) groups excluding carboxylic acids is 1. The number of rotatable bonds is 4. The Balaban J connectivity index is 2.76. The van der Waals surface area contributed by atoms with E-state index in [1.165, 1.54) is 0 Å². The molecule has 78 valence electrons. The number of imidazole rings is 1. The lowest BCUT2D eigenvalue weighted by molar-refractivity contribution is -0.120. The van der Waals surface area contributed by atoms with Crippen LogP contribution < -0.4 is 11.1 Å². The summed E-state index contributed by atoms with van der Waals surface area (Å²) in [5, 5.41) is 2.86. The largest absolute Gasteiger partial charge is 0.368 e. The number of likely N-dealkylation sites (N-methyl/N-ethyl adjacent to an activating group) is 1. The molecule has 0 aliphatic heterocycles. The molecular weight excluding hydrogens is 180 g/mol. The average Bonchev–Trinajstić information content (AvgIpc) is 2.40. The molecule has 5 heteroatoms. The van der Waals surface area contributed by atoms with E-state index in [2.05, 4.69) is 10.3 Å². The second kappa shape index (κ2) is 4.23. The molecule has 1 aromatic heterocycles. The predicted octanol–water partition coefficient (Wildman–Crippen LogP) is -0.427. The van der Waals surface area contributed by atoms with Gasteiger partial charge in [0.2, 0.25) is 5.91 Å². The summed E-state index contributed by atoms with van der Waals surface area (Å²) < 4.78 is 1.92. The van der Waals surface area contributed by atoms with Gasteiger partial charge in [-0.25, -0.2) is 4.98 Å². The highest BCUT2D eigenvalue weighted by molar-refractivity contribution is 5.79. The van der Waals surface area contributed by atoms with Gasteiger partial charge in [-0.3, -0.25) is 4.79 Å². The van der Waals surface area contributed by atoms with E-state index in [-0.39, 0.29) is 11.9 Å². The highest BCUT2D eigenvalue weighted by Gasteiger charge is 2.14. The third kappa shape index (κ3) is 2.32. The molecule has 1 unspecified atom stereocenters. The Morgan fingerprint density at radius 1 is 1.71 bits per heavy atom. The minimum Gasteiger partial charge on any atom is -0.368 e. The highest BCUT2D eigenvalue weighted by atomic mass is 16.1. The molecule has 0 aliphatic rings. The summed E-state index contributed by atoms with van der Waals surface area (Å²) >= 11 is 0. The fourth-order valence-electron chi connectivity index (χ4n) is 1.37. The third-order valence-electron chi connectivity index (χ3n) is 2.17. The molecule has 14 heavy (non-hydrogen) atoms. The standard InChI is InChI=1S/C9H16N4O/c1-6-4-13(7(2)12-6)5-8(11-3)9(10)14/h4,8,11H,5H2,1-3H3,(H2,10,14). The van der Waals surface area contributed by atoms with Crippen molar-refractivity contribution in [3.05, 3.63) is 17.7 Å². The Morgan fingerprint density at radius 3 is 2.71 bits per heavy atom. The van der Waals surface area contributed by atoms with Crippen molar-refractivity contribution in [3.63, 3.8) is 0 Å². The number of carbonyl (C=O) groups is 1. The molecule has 0 saturated heterocycles. The van der Waals surface area contributed by atoms with Crippen LogP contribution in [0.3, 0.4) is 0 Å². The number of aryl methyl sites for hydroxylation is 2. The van der Waals surface area contributed by atoms with E-state index in [9.17, 15) is 4.79 Å². The number of hydrogen-bond acceptors (Lipinski definition) is 3. The van der Waals surface area contributed by atoms with Crippen LogP contribution in [0.5, 0.6) is 0 Å². The number of aromatic nitrogens is 2. The summed E-state index contributed by atoms with van der Waals surface area (Å²) in [4.78, 5) is 15.2. The Morgan fingerprint density at radius 2 is 2.36 bits per heavy atom. The maximum absolute atomic E-state index is 11.0. The molecule has 1 rings (SSSR count). The molecule has 1 amide bonds. The zero-order valence-corrected chi connectivity index (χ0v) is 8.74. The molecule has 0 aliphatic carbocycles. The Bertz CT molecular complexity index is 332. The van der Waals surface area contributed by atoms with Crippen LogP contribution >= 0.6 is 0 Å². The summed E-state index contributed by atoms with van der Waals surface area (Å²) in [5.41, 5.74) is 6.16. The van der Waals surface area contributed by atoms with Crippen LogP contribution in [-0.2, 0) is 11.3 Å². The van der Waals surface area contributed by atoms with Crippen molar-refractivity contribution in [2.75, 3.05) is 7.05 Å². The van der Waals surface area contributed by atoms with Gasteiger partial charge in [0, 0.05) is 12.7 Å². The van der Waals surface area contributed by atoms with E-state index >= 15 is 0 Å². The Labute approximate surface area is 83.3 Å². The Kier molecular flexibility index (Phi) is 3.24. The summed E-state index contributed by atoms with van der Waals surface area (Å²) in [5.74, 6) is 0.544. The van der Waals surface area contributed by atoms with Crippen LogP contribution in [-0.4, -0.2) is 28.5 Å². The van der Waals surface area contributed by atoms with E-state index in [0.717, 1.165) is 11.5 Å². The first-order chi connectivity index (χ1) is 6.54. The second-order valence-corrected chi connectivity index (χ2v) is 3.33. The zero-order valence-electron chi connectivity index (χ0n) is 8.74. The SMILES string of the molecule is CNC(Cn1cc(C)nc1C)C(N)=O. The molecule has 0 aromatic carbocycles. The van der Waals surface area contributed by atoms with Gasteiger partial charge in [-0.15, -0.1) is 0 Å². The summed E-state index contributed by atoms with van der Waals surface area (Å²) in [7, 11) is 1.72. The van der Waals surface area contributed by atoms with Gasteiger partial charge in [0.25, 0.3) is 0 Å². The van der Waals surface area contributed by atoms with Crippen molar-refractivity contribution < 1.29 is 4.79 Å². The van der Waals surface area contributed by atoms with Crippen molar-refractivity contribution in [1.82, 2.24) is 14.9 Å². The molecule has 5 nitrogen and oxygen atoms in total. The van der Waals surface area contributed by atoms with Crippen LogP contribution in [0.2, 0.25) is 0 Å². The van der Waals surface area contributed by atoms with E-state index in [1.54, 1.807) is 7.05 Å². The number of nitrogens with two attached hydrogens (primary N) is 1. The normalized spacial score (nSPS) is 12.8. The lowest BCUT2D eigenvalue weighted by Crippen LogP contribution is -2.42. The summed E-state index contributed by atoms with van der Waals surface area (Å²) in [6.45, 7) is 4.35. The maximum Gasteiger partial charge on any atom is 0.236 e. The van der Waals surface area contributed by atoms with Gasteiger partial charge in [0.1, 0.15) is 11.9 Å². The minimum atomic E-state index is -0.349. The third-order valence-corrected chi connectivity index (χ3v) is 2.17. The second-order valence-electron chi connectivity index (χ2n) is 3.33. The molecule has 1 aromatic rings. The molecule has 0 bridgehead atoms. The monoisotopic (exact) mass is 196 g/mol. The number of primary amides is 1. The van der Waals surface area contributed by atoms with Crippen molar-refractivity contribution in [2.45, 2.75) is 26.4 Å². The molecular formula is C9H16N4O. The number of hydrogen-bond donors (Lipinski definition) is 2. The first-order valence-electron chi connectivity index (χ1n) is 4.51. The van der Waals surface area contributed by atoms with Crippen molar-refractivity contribution in [1.29, 1.82) is 0 Å². The van der Waals surface area contributed by atoms with Gasteiger partial charge in [-0.05, 0) is 20.9 Å². The quantitative estimate of drug-likeness (QED) is 0.686. The first-order valence-corrected chi connectivity index (χ1v) is 4.51. The highest BCUT2D eigenvalue weighted by Crippen LogP contribution is 2.02. The van der Waals surface area contributed by atoms with Crippen LogP contribution in [0.25, 0.3) is 0 Å². The van der Waals surface area contributed by atoms with Crippen LogP contribution in [0.4, 0.5) is 0 Å². The van der Waals surface area contributed by atoms with E-state index < -0.39 is 0 Å². The summed E-state index contributed by atoms with van der Waals surface area (Å²) in [6, 6.07) is -0.345. The van der Waals surface area contributed by atoms with Crippen LogP contribution in [0.1, 0.15) is 11.5 Å². The van der Waals surface area contributed by atoms with Crippen molar-refractivity contribution in [2.24, 2.45) is 5.73 Å². The lowest BCUT2D eigenvalue weighted by atomic mass is 10.3. The fourth-order valence-corrected chi connectivity index (χ4v) is 1.37. The van der Waals surface area contributed by atoms with Crippen molar-refractivity contribution in [3.8, 4) is 0 Å². The van der Waals surface area contributed by atoms with Gasteiger partial charge in [0.15, 0.2) is 0 Å². The number of nitrogens with one attached hydrogen (secondary N) is 1. The molecule has 1 heterocycles. The maximum atomic E-state index is 11.0. The van der Waals surface area contributed by atoms with Gasteiger partial charge >= 0.3 is 0 Å². The Hall–Kier alpha value is -1.36. The number of nitrogens with zero attached hydrogens (tertiary/aromatic N) is 2. The number of amides is 1. The summed E-state index contributed by atoms with van der Waals surface area (Å²) in [6.07, 6.45) is 1.91. The average molecular weight is 196 g/mol. The van der Waals surface area contributed by atoms with Gasteiger partial charge < -0.3 is 15.6 Å². The molecule has 0 fully saturated rings. The topological polar surface area (TPSA) is 72.9 Å². The molecule has 0 saturated carbocycles. The van der Waals surface area contributed by atoms with Crippen molar-refractivity contribution >= 4 is 5.91 Å². The van der Waals surface area contributed by atoms with Crippen LogP contribution in [0.15, 0.2) is 6.20 Å². The molecule has 0 radical (unpaired) electrons. The van der Waals surface area contributed by atoms with Gasteiger partial charge in [-0.2, -0.15) is 0 Å². The predicted molar refractivity (Wildman–Crippen MR) is 53.7 cm³/mol. The van der Waals surface area contributed by atoms with Gasteiger partial charge in [-0.1, -0.05) is 0 Å².